The fourth-order valence-corrected chi connectivity index (χ4v) is 5.16. The number of rotatable bonds is 3. The van der Waals surface area contributed by atoms with Gasteiger partial charge in [0.2, 0.25) is 0 Å². The Morgan fingerprint density at radius 2 is 1.88 bits per heavy atom. The van der Waals surface area contributed by atoms with E-state index >= 15 is 0 Å². The molecule has 2 aromatic carbocycles. The van der Waals surface area contributed by atoms with E-state index in [4.69, 9.17) is 0 Å². The molecule has 0 radical (unpaired) electrons. The van der Waals surface area contributed by atoms with Crippen LogP contribution in [0.15, 0.2) is 59.2 Å². The summed E-state index contributed by atoms with van der Waals surface area (Å²) >= 11 is 5.38. The minimum Gasteiger partial charge on any atom is -0.341 e. The number of hydrogen-bond acceptors (Lipinski definition) is 3. The van der Waals surface area contributed by atoms with Crippen molar-refractivity contribution in [2.24, 2.45) is 0 Å². The van der Waals surface area contributed by atoms with E-state index < -0.39 is 0 Å². The zero-order valence-electron chi connectivity index (χ0n) is 14.1. The van der Waals surface area contributed by atoms with Crippen LogP contribution < -0.4 is 5.32 Å². The van der Waals surface area contributed by atoms with Crippen LogP contribution in [0.25, 0.3) is 31.8 Å². The normalized spacial score (nSPS) is 17.2. The number of aromatic nitrogens is 2. The van der Waals surface area contributed by atoms with Crippen LogP contribution in [0.5, 0.6) is 0 Å². The molecule has 2 N–H and O–H groups in total. The van der Waals surface area contributed by atoms with Crippen molar-refractivity contribution in [2.75, 3.05) is 6.54 Å². The molecule has 3 nitrogen and oxygen atoms in total. The molecular formula is C21H18BrN3S. The Kier molecular flexibility index (Phi) is 4.15. The number of thiophene rings is 1. The Bertz CT molecular complexity index is 1060. The Morgan fingerprint density at radius 3 is 2.69 bits per heavy atom. The second kappa shape index (κ2) is 6.65. The van der Waals surface area contributed by atoms with Gasteiger partial charge in [-0.1, -0.05) is 46.3 Å². The predicted molar refractivity (Wildman–Crippen MR) is 113 cm³/mol. The number of fused-ring (bicyclic) bond motifs is 1. The highest BCUT2D eigenvalue weighted by atomic mass is 79.9. The lowest BCUT2D eigenvalue weighted by Crippen LogP contribution is -2.14. The third kappa shape index (κ3) is 3.00. The Hall–Kier alpha value is -1.95. The summed E-state index contributed by atoms with van der Waals surface area (Å²) in [6.07, 6.45) is 4.33. The highest BCUT2D eigenvalue weighted by molar-refractivity contribution is 9.10. The first-order valence-electron chi connectivity index (χ1n) is 8.84. The van der Waals surface area contributed by atoms with E-state index in [1.54, 1.807) is 0 Å². The maximum absolute atomic E-state index is 4.57. The SMILES string of the molecule is Brc1ccc2cc(-c3ccc(-c4cnc(C5CCCN5)[nH]4)cc3)sc2c1. The van der Waals surface area contributed by atoms with Gasteiger partial charge in [-0.3, -0.25) is 0 Å². The van der Waals surface area contributed by atoms with Gasteiger partial charge in [-0.2, -0.15) is 0 Å². The summed E-state index contributed by atoms with van der Waals surface area (Å²) in [6, 6.07) is 17.8. The lowest BCUT2D eigenvalue weighted by atomic mass is 10.1. The van der Waals surface area contributed by atoms with Crippen molar-refractivity contribution in [3.8, 4) is 21.7 Å². The molecule has 5 rings (SSSR count). The van der Waals surface area contributed by atoms with Gasteiger partial charge >= 0.3 is 0 Å². The number of nitrogens with zero attached hydrogens (tertiary/aromatic N) is 1. The van der Waals surface area contributed by atoms with E-state index in [2.05, 4.69) is 79.7 Å². The van der Waals surface area contributed by atoms with E-state index in [1.807, 2.05) is 17.5 Å². The molecule has 0 saturated carbocycles. The lowest BCUT2D eigenvalue weighted by Gasteiger charge is -2.05. The van der Waals surface area contributed by atoms with Crippen LogP contribution in [0.1, 0.15) is 24.7 Å². The summed E-state index contributed by atoms with van der Waals surface area (Å²) in [5.74, 6) is 1.05. The highest BCUT2D eigenvalue weighted by Gasteiger charge is 2.19. The molecule has 1 fully saturated rings. The van der Waals surface area contributed by atoms with Gasteiger partial charge < -0.3 is 10.3 Å². The number of H-pyrrole nitrogens is 1. The van der Waals surface area contributed by atoms with Crippen LogP contribution in [-0.2, 0) is 0 Å². The molecule has 0 bridgehead atoms. The molecule has 4 aromatic rings. The van der Waals surface area contributed by atoms with Gasteiger partial charge in [0.1, 0.15) is 5.82 Å². The molecule has 1 atom stereocenters. The first-order chi connectivity index (χ1) is 12.8. The zero-order valence-corrected chi connectivity index (χ0v) is 16.5. The lowest BCUT2D eigenvalue weighted by molar-refractivity contribution is 0.613. The zero-order chi connectivity index (χ0) is 17.5. The molecule has 130 valence electrons. The third-order valence-electron chi connectivity index (χ3n) is 4.95. The number of nitrogens with one attached hydrogen (secondary N) is 2. The molecule has 0 amide bonds. The molecule has 5 heteroatoms. The molecule has 2 aromatic heterocycles. The number of hydrogen-bond donors (Lipinski definition) is 2. The van der Waals surface area contributed by atoms with E-state index in [9.17, 15) is 0 Å². The Morgan fingerprint density at radius 1 is 1.04 bits per heavy atom. The molecule has 26 heavy (non-hydrogen) atoms. The van der Waals surface area contributed by atoms with Crippen LogP contribution in [0.3, 0.4) is 0 Å². The number of aromatic amines is 1. The Balaban J connectivity index is 1.42. The van der Waals surface area contributed by atoms with Crippen LogP contribution in [-0.4, -0.2) is 16.5 Å². The van der Waals surface area contributed by atoms with Crippen molar-refractivity contribution in [1.82, 2.24) is 15.3 Å². The number of halogens is 1. The van der Waals surface area contributed by atoms with Crippen molar-refractivity contribution in [1.29, 1.82) is 0 Å². The Labute approximate surface area is 164 Å². The van der Waals surface area contributed by atoms with Crippen LogP contribution in [0.4, 0.5) is 0 Å². The quantitative estimate of drug-likeness (QED) is 0.415. The molecule has 1 aliphatic heterocycles. The summed E-state index contributed by atoms with van der Waals surface area (Å²) < 4.78 is 2.43. The molecule has 1 aliphatic rings. The van der Waals surface area contributed by atoms with Gasteiger partial charge in [-0.15, -0.1) is 11.3 Å². The minimum atomic E-state index is 0.376. The fourth-order valence-electron chi connectivity index (χ4n) is 3.54. The maximum atomic E-state index is 4.57. The molecule has 1 saturated heterocycles. The van der Waals surface area contributed by atoms with Crippen molar-refractivity contribution >= 4 is 37.4 Å². The van der Waals surface area contributed by atoms with E-state index in [-0.39, 0.29) is 0 Å². The van der Waals surface area contributed by atoms with Crippen molar-refractivity contribution in [3.63, 3.8) is 0 Å². The van der Waals surface area contributed by atoms with Crippen LogP contribution >= 0.6 is 27.3 Å². The first-order valence-corrected chi connectivity index (χ1v) is 10.5. The van der Waals surface area contributed by atoms with E-state index in [0.717, 1.165) is 29.0 Å². The molecule has 3 heterocycles. The molecule has 0 spiro atoms. The van der Waals surface area contributed by atoms with Gasteiger partial charge in [0.25, 0.3) is 0 Å². The van der Waals surface area contributed by atoms with Gasteiger partial charge in [0.15, 0.2) is 0 Å². The van der Waals surface area contributed by atoms with Crippen molar-refractivity contribution < 1.29 is 0 Å². The second-order valence-corrected chi connectivity index (χ2v) is 8.70. The largest absolute Gasteiger partial charge is 0.341 e. The van der Waals surface area contributed by atoms with Gasteiger partial charge in [0, 0.05) is 14.0 Å². The number of benzene rings is 2. The first kappa shape index (κ1) is 16.2. The molecule has 1 unspecified atom stereocenters. The predicted octanol–water partition coefficient (Wildman–Crippen LogP) is 6.15. The van der Waals surface area contributed by atoms with E-state index in [1.165, 1.54) is 32.5 Å². The average molecular weight is 424 g/mol. The molecular weight excluding hydrogens is 406 g/mol. The van der Waals surface area contributed by atoms with Crippen molar-refractivity contribution in [2.45, 2.75) is 18.9 Å². The topological polar surface area (TPSA) is 40.7 Å². The minimum absolute atomic E-state index is 0.376. The monoisotopic (exact) mass is 423 g/mol. The average Bonchev–Trinajstić information content (AvgIpc) is 3.40. The maximum Gasteiger partial charge on any atom is 0.123 e. The fraction of sp³-hybridized carbons (Fsp3) is 0.190. The summed E-state index contributed by atoms with van der Waals surface area (Å²) in [5.41, 5.74) is 3.51. The van der Waals surface area contributed by atoms with Gasteiger partial charge in [-0.05, 0) is 54.1 Å². The summed E-state index contributed by atoms with van der Waals surface area (Å²) in [7, 11) is 0. The van der Waals surface area contributed by atoms with Gasteiger partial charge in [0.05, 0.1) is 17.9 Å². The summed E-state index contributed by atoms with van der Waals surface area (Å²) in [6.45, 7) is 1.08. The van der Waals surface area contributed by atoms with Crippen LogP contribution in [0, 0.1) is 0 Å². The third-order valence-corrected chi connectivity index (χ3v) is 6.59. The summed E-state index contributed by atoms with van der Waals surface area (Å²) in [5, 5.41) is 4.78. The number of imidazole rings is 1. The highest BCUT2D eigenvalue weighted by Crippen LogP contribution is 2.35. The van der Waals surface area contributed by atoms with Crippen molar-refractivity contribution in [3.05, 3.63) is 65.0 Å². The standard InChI is InChI=1S/C21H18BrN3S/c22-16-8-7-15-10-19(26-20(15)11-16)14-5-3-13(4-6-14)18-12-24-21(25-18)17-2-1-9-23-17/h3-8,10-12,17,23H,1-2,9H2,(H,24,25). The van der Waals surface area contributed by atoms with E-state index in [0.29, 0.717) is 6.04 Å². The van der Waals surface area contributed by atoms with Gasteiger partial charge in [-0.25, -0.2) is 4.98 Å². The van der Waals surface area contributed by atoms with Crippen LogP contribution in [0.2, 0.25) is 0 Å². The second-order valence-electron chi connectivity index (χ2n) is 6.70. The smallest absolute Gasteiger partial charge is 0.123 e. The summed E-state index contributed by atoms with van der Waals surface area (Å²) in [4.78, 5) is 9.35. The molecule has 0 aliphatic carbocycles.